The van der Waals surface area contributed by atoms with Crippen LogP contribution in [-0.4, -0.2) is 56.3 Å². The van der Waals surface area contributed by atoms with Gasteiger partial charge >= 0.3 is 0 Å². The van der Waals surface area contributed by atoms with E-state index < -0.39 is 9.52 Å². The Morgan fingerprint density at radius 2 is 1.81 bits per heavy atom. The van der Waals surface area contributed by atoms with Crippen molar-refractivity contribution in [2.45, 2.75) is 29.4 Å². The van der Waals surface area contributed by atoms with E-state index in [0.29, 0.717) is 49.5 Å². The number of rotatable bonds is 7. The van der Waals surface area contributed by atoms with Crippen molar-refractivity contribution >= 4 is 49.7 Å². The second-order valence-corrected chi connectivity index (χ2v) is 13.3. The number of hydrogen-bond donors (Lipinski definition) is 1. The van der Waals surface area contributed by atoms with Gasteiger partial charge in [0.1, 0.15) is 5.65 Å². The SMILES string of the molecule is C=S(=O)(c1ccccc1)c1ccc(-c2cc3cnc(Nc4ccc(C5CN(C)CCO5)cc4)nc3n(CC)c2=O)c(Cl)c1. The number of aryl methyl sites for hydroxylation is 1. The van der Waals surface area contributed by atoms with Crippen molar-refractivity contribution in [2.24, 2.45) is 0 Å². The van der Waals surface area contributed by atoms with Crippen molar-refractivity contribution in [3.05, 3.63) is 106 Å². The van der Waals surface area contributed by atoms with Crippen LogP contribution in [0.25, 0.3) is 22.2 Å². The van der Waals surface area contributed by atoms with Gasteiger partial charge in [-0.2, -0.15) is 4.98 Å². The molecule has 3 aromatic carbocycles. The molecule has 0 saturated carbocycles. The lowest BCUT2D eigenvalue weighted by molar-refractivity contribution is -0.0208. The maximum absolute atomic E-state index is 13.7. The van der Waals surface area contributed by atoms with Crippen molar-refractivity contribution in [3.8, 4) is 11.1 Å². The van der Waals surface area contributed by atoms with Crippen LogP contribution in [0.4, 0.5) is 11.6 Å². The quantitative estimate of drug-likeness (QED) is 0.225. The molecule has 1 fully saturated rings. The first kappa shape index (κ1) is 29.1. The van der Waals surface area contributed by atoms with Gasteiger partial charge in [-0.25, -0.2) is 4.98 Å². The van der Waals surface area contributed by atoms with E-state index in [0.717, 1.165) is 30.9 Å². The summed E-state index contributed by atoms with van der Waals surface area (Å²) in [5.74, 6) is 4.37. The van der Waals surface area contributed by atoms with Gasteiger partial charge in [0.05, 0.1) is 12.7 Å². The normalized spacial score (nSPS) is 17.0. The molecular formula is C33H32ClN5O3S. The van der Waals surface area contributed by atoms with E-state index in [9.17, 15) is 9.00 Å². The summed E-state index contributed by atoms with van der Waals surface area (Å²) in [4.78, 5) is 26.3. The fraction of sp³-hybridized carbons (Fsp3) is 0.212. The number of halogens is 1. The Kier molecular flexibility index (Phi) is 8.07. The van der Waals surface area contributed by atoms with E-state index in [1.165, 1.54) is 0 Å². The number of anilines is 2. The van der Waals surface area contributed by atoms with Gasteiger partial charge in [0, 0.05) is 72.4 Å². The van der Waals surface area contributed by atoms with E-state index in [-0.39, 0.29) is 11.7 Å². The van der Waals surface area contributed by atoms with Crippen LogP contribution in [0.3, 0.4) is 0 Å². The number of hydrogen-bond acceptors (Lipinski definition) is 7. The predicted molar refractivity (Wildman–Crippen MR) is 174 cm³/mol. The van der Waals surface area contributed by atoms with Gasteiger partial charge < -0.3 is 15.0 Å². The molecule has 5 aromatic rings. The molecular weight excluding hydrogens is 582 g/mol. The van der Waals surface area contributed by atoms with E-state index in [2.05, 4.69) is 28.1 Å². The number of nitrogens with one attached hydrogen (secondary N) is 1. The van der Waals surface area contributed by atoms with Gasteiger partial charge in [0.15, 0.2) is 0 Å². The number of ether oxygens (including phenoxy) is 1. The maximum atomic E-state index is 13.7. The van der Waals surface area contributed by atoms with Crippen LogP contribution in [0, 0.1) is 0 Å². The average molecular weight is 614 g/mol. The first-order valence-corrected chi connectivity index (χ1v) is 16.1. The number of morpholine rings is 1. The Morgan fingerprint density at radius 1 is 1.05 bits per heavy atom. The molecule has 220 valence electrons. The van der Waals surface area contributed by atoms with Crippen LogP contribution in [0.15, 0.2) is 99.6 Å². The van der Waals surface area contributed by atoms with Crippen molar-refractivity contribution in [1.82, 2.24) is 19.4 Å². The zero-order chi connectivity index (χ0) is 30.1. The minimum Gasteiger partial charge on any atom is -0.371 e. The van der Waals surface area contributed by atoms with E-state index in [1.807, 2.05) is 49.4 Å². The van der Waals surface area contributed by atoms with Crippen molar-refractivity contribution in [2.75, 3.05) is 32.1 Å². The fourth-order valence-corrected chi connectivity index (χ4v) is 7.10. The molecule has 8 nitrogen and oxygen atoms in total. The summed E-state index contributed by atoms with van der Waals surface area (Å²) in [6, 6.07) is 23.9. The molecule has 3 heterocycles. The van der Waals surface area contributed by atoms with Crippen molar-refractivity contribution < 1.29 is 8.95 Å². The first-order chi connectivity index (χ1) is 20.7. The van der Waals surface area contributed by atoms with Gasteiger partial charge in [0.2, 0.25) is 5.95 Å². The second-order valence-electron chi connectivity index (χ2n) is 10.6. The third kappa shape index (κ3) is 5.81. The molecule has 0 bridgehead atoms. The Bertz CT molecular complexity index is 1960. The van der Waals surface area contributed by atoms with Crippen LogP contribution < -0.4 is 10.9 Å². The van der Waals surface area contributed by atoms with Crippen LogP contribution in [-0.2, 0) is 20.8 Å². The molecule has 2 aromatic heterocycles. The average Bonchev–Trinajstić information content (AvgIpc) is 3.02. The molecule has 1 aliphatic rings. The summed E-state index contributed by atoms with van der Waals surface area (Å²) in [6.07, 6.45) is 1.74. The first-order valence-electron chi connectivity index (χ1n) is 14.0. The Hall–Kier alpha value is -4.02. The number of likely N-dealkylation sites (N-methyl/N-ethyl adjacent to an activating group) is 1. The molecule has 0 radical (unpaired) electrons. The minimum absolute atomic E-state index is 0.0502. The number of pyridine rings is 1. The Balaban J connectivity index is 1.30. The van der Waals surface area contributed by atoms with Crippen molar-refractivity contribution in [1.29, 1.82) is 0 Å². The van der Waals surface area contributed by atoms with Crippen LogP contribution in [0.2, 0.25) is 5.02 Å². The molecule has 2 unspecified atom stereocenters. The topological polar surface area (TPSA) is 89.3 Å². The highest BCUT2D eigenvalue weighted by Crippen LogP contribution is 2.32. The summed E-state index contributed by atoms with van der Waals surface area (Å²) >= 11 is 6.71. The molecule has 0 amide bonds. The van der Waals surface area contributed by atoms with E-state index in [1.54, 1.807) is 47.2 Å². The third-order valence-electron chi connectivity index (χ3n) is 7.69. The largest absolute Gasteiger partial charge is 0.371 e. The Morgan fingerprint density at radius 3 is 2.51 bits per heavy atom. The van der Waals surface area contributed by atoms with Crippen molar-refractivity contribution in [3.63, 3.8) is 0 Å². The highest BCUT2D eigenvalue weighted by Gasteiger charge is 2.20. The summed E-state index contributed by atoms with van der Waals surface area (Å²) in [5, 5.41) is 4.26. The second kappa shape index (κ2) is 11.9. The molecule has 2 atom stereocenters. The monoisotopic (exact) mass is 613 g/mol. The highest BCUT2D eigenvalue weighted by molar-refractivity contribution is 8.00. The van der Waals surface area contributed by atoms with Gasteiger partial charge in [-0.1, -0.05) is 48.0 Å². The van der Waals surface area contributed by atoms with Gasteiger partial charge in [-0.15, -0.1) is 0 Å². The lowest BCUT2D eigenvalue weighted by atomic mass is 10.1. The Labute approximate surface area is 256 Å². The summed E-state index contributed by atoms with van der Waals surface area (Å²) in [5.41, 5.74) is 3.19. The fourth-order valence-electron chi connectivity index (χ4n) is 5.29. The predicted octanol–water partition coefficient (Wildman–Crippen LogP) is 6.01. The number of nitrogens with zero attached hydrogens (tertiary/aromatic N) is 4. The molecule has 43 heavy (non-hydrogen) atoms. The highest BCUT2D eigenvalue weighted by atomic mass is 35.5. The molecule has 0 spiro atoms. The van der Waals surface area contributed by atoms with Crippen LogP contribution in [0.5, 0.6) is 0 Å². The summed E-state index contributed by atoms with van der Waals surface area (Å²) in [6.45, 7) is 4.81. The molecule has 10 heteroatoms. The molecule has 1 saturated heterocycles. The molecule has 1 aliphatic heterocycles. The van der Waals surface area contributed by atoms with E-state index in [4.69, 9.17) is 21.3 Å². The third-order valence-corrected chi connectivity index (χ3v) is 10.0. The van der Waals surface area contributed by atoms with Gasteiger partial charge in [-0.05, 0) is 67.9 Å². The number of aromatic nitrogens is 3. The standard InChI is InChI=1S/C33H32ClN5O3S/c1-4-39-31-23(20-35-33(37-31)36-24-12-10-22(11-13-24)30-21-38(2)16-17-42-30)18-28(32(39)40)27-15-14-26(19-29(27)34)43(3,41)25-8-6-5-7-9-25/h5-15,18-20,30H,3-4,16-17,21H2,1-2H3,(H,35,36,37). The lowest BCUT2D eigenvalue weighted by Crippen LogP contribution is -2.35. The number of benzene rings is 3. The summed E-state index contributed by atoms with van der Waals surface area (Å²) < 4.78 is 21.1. The maximum Gasteiger partial charge on any atom is 0.260 e. The number of fused-ring (bicyclic) bond motifs is 1. The van der Waals surface area contributed by atoms with Gasteiger partial charge in [-0.3, -0.25) is 13.6 Å². The smallest absolute Gasteiger partial charge is 0.260 e. The van der Waals surface area contributed by atoms with Gasteiger partial charge in [0.25, 0.3) is 5.56 Å². The zero-order valence-electron chi connectivity index (χ0n) is 24.0. The van der Waals surface area contributed by atoms with Crippen LogP contribution >= 0.6 is 11.6 Å². The zero-order valence-corrected chi connectivity index (χ0v) is 25.6. The summed E-state index contributed by atoms with van der Waals surface area (Å²) in [7, 11) is -0.664. The van der Waals surface area contributed by atoms with Crippen LogP contribution in [0.1, 0.15) is 18.6 Å². The molecule has 6 rings (SSSR count). The molecule has 1 N–H and O–H groups in total. The van der Waals surface area contributed by atoms with E-state index >= 15 is 0 Å². The minimum atomic E-state index is -2.76. The lowest BCUT2D eigenvalue weighted by Gasteiger charge is -2.30. The molecule has 0 aliphatic carbocycles.